The number of nitrogens with zero attached hydrogens (tertiary/aromatic N) is 4. The predicted octanol–water partition coefficient (Wildman–Crippen LogP) is 0.0980. The lowest BCUT2D eigenvalue weighted by Crippen LogP contribution is -1.97. The van der Waals surface area contributed by atoms with Crippen LogP contribution in [0.3, 0.4) is 0 Å². The van der Waals surface area contributed by atoms with Gasteiger partial charge in [-0.1, -0.05) is 0 Å². The Morgan fingerprint density at radius 1 is 0.643 bits per heavy atom. The number of anilines is 2. The fourth-order valence-electron chi connectivity index (χ4n) is 0.907. The molecule has 0 fully saturated rings. The van der Waals surface area contributed by atoms with Crippen molar-refractivity contribution in [1.82, 2.24) is 19.9 Å². The van der Waals surface area contributed by atoms with Gasteiger partial charge in [0, 0.05) is 0 Å². The molecule has 2 rings (SSSR count). The third kappa shape index (κ3) is 1.58. The summed E-state index contributed by atoms with van der Waals surface area (Å²) < 4.78 is 0. The minimum absolute atomic E-state index is 0.430. The zero-order valence-electron chi connectivity index (χ0n) is 7.25. The summed E-state index contributed by atoms with van der Waals surface area (Å²) in [5.41, 5.74) is 11.9. The molecule has 0 saturated carbocycles. The second kappa shape index (κ2) is 3.25. The SMILES string of the molecule is Nc1cnc(-c2ncc(N)cn2)nc1. The van der Waals surface area contributed by atoms with Gasteiger partial charge in [-0.25, -0.2) is 19.9 Å². The van der Waals surface area contributed by atoms with E-state index in [-0.39, 0.29) is 0 Å². The average Bonchev–Trinajstić information content (AvgIpc) is 2.21. The highest BCUT2D eigenvalue weighted by Crippen LogP contribution is 2.09. The predicted molar refractivity (Wildman–Crippen MR) is 51.9 cm³/mol. The Kier molecular flexibility index (Phi) is 1.94. The molecule has 6 heteroatoms. The largest absolute Gasteiger partial charge is 0.396 e. The molecule has 0 aromatic carbocycles. The van der Waals surface area contributed by atoms with Crippen molar-refractivity contribution < 1.29 is 0 Å². The summed E-state index contributed by atoms with van der Waals surface area (Å²) in [6.07, 6.45) is 6.01. The van der Waals surface area contributed by atoms with Crippen molar-refractivity contribution in [2.75, 3.05) is 11.5 Å². The molecule has 70 valence electrons. The van der Waals surface area contributed by atoms with Gasteiger partial charge in [0.05, 0.1) is 36.2 Å². The van der Waals surface area contributed by atoms with Crippen LogP contribution in [0.2, 0.25) is 0 Å². The van der Waals surface area contributed by atoms with Gasteiger partial charge in [-0.2, -0.15) is 0 Å². The molecular weight excluding hydrogens is 180 g/mol. The number of rotatable bonds is 1. The molecule has 0 atom stereocenters. The minimum Gasteiger partial charge on any atom is -0.396 e. The standard InChI is InChI=1S/C8H8N6/c9-5-1-11-7(12-2-5)8-13-3-6(10)4-14-8/h1-4H,9-10H2. The first kappa shape index (κ1) is 8.36. The van der Waals surface area contributed by atoms with Gasteiger partial charge in [-0.15, -0.1) is 0 Å². The van der Waals surface area contributed by atoms with Crippen molar-refractivity contribution >= 4 is 11.4 Å². The maximum Gasteiger partial charge on any atom is 0.197 e. The Balaban J connectivity index is 2.40. The monoisotopic (exact) mass is 188 g/mol. The van der Waals surface area contributed by atoms with Crippen LogP contribution in [0.15, 0.2) is 24.8 Å². The second-order valence-electron chi connectivity index (χ2n) is 2.68. The molecule has 2 aromatic heterocycles. The first-order chi connectivity index (χ1) is 6.75. The van der Waals surface area contributed by atoms with Gasteiger partial charge in [0.1, 0.15) is 0 Å². The summed E-state index contributed by atoms with van der Waals surface area (Å²) in [5, 5.41) is 0. The Bertz CT molecular complexity index is 377. The fourth-order valence-corrected chi connectivity index (χ4v) is 0.907. The smallest absolute Gasteiger partial charge is 0.197 e. The van der Waals surface area contributed by atoms with Crippen LogP contribution in [0.5, 0.6) is 0 Å². The Hall–Kier alpha value is -2.24. The van der Waals surface area contributed by atoms with Gasteiger partial charge >= 0.3 is 0 Å². The molecule has 0 bridgehead atoms. The van der Waals surface area contributed by atoms with Gasteiger partial charge in [0.25, 0.3) is 0 Å². The summed E-state index contributed by atoms with van der Waals surface area (Å²) in [4.78, 5) is 15.9. The van der Waals surface area contributed by atoms with Crippen LogP contribution in [0.1, 0.15) is 0 Å². The zero-order chi connectivity index (χ0) is 9.97. The van der Waals surface area contributed by atoms with E-state index in [0.29, 0.717) is 23.0 Å². The van der Waals surface area contributed by atoms with Gasteiger partial charge in [-0.3, -0.25) is 0 Å². The van der Waals surface area contributed by atoms with E-state index in [9.17, 15) is 0 Å². The topological polar surface area (TPSA) is 104 Å². The molecule has 0 aliphatic heterocycles. The summed E-state index contributed by atoms with van der Waals surface area (Å²) in [7, 11) is 0. The van der Waals surface area contributed by atoms with Crippen molar-refractivity contribution in [2.24, 2.45) is 0 Å². The molecule has 6 nitrogen and oxygen atoms in total. The zero-order valence-corrected chi connectivity index (χ0v) is 7.25. The van der Waals surface area contributed by atoms with Gasteiger partial charge in [-0.05, 0) is 0 Å². The molecule has 0 aliphatic rings. The van der Waals surface area contributed by atoms with E-state index in [1.807, 2.05) is 0 Å². The molecule has 2 aromatic rings. The van der Waals surface area contributed by atoms with E-state index in [1.54, 1.807) is 0 Å². The third-order valence-electron chi connectivity index (χ3n) is 1.54. The van der Waals surface area contributed by atoms with Gasteiger partial charge in [0.2, 0.25) is 0 Å². The highest BCUT2D eigenvalue weighted by atomic mass is 15.0. The molecule has 0 radical (unpaired) electrons. The lowest BCUT2D eigenvalue weighted by molar-refractivity contribution is 1.08. The molecule has 14 heavy (non-hydrogen) atoms. The van der Waals surface area contributed by atoms with Crippen molar-refractivity contribution in [3.8, 4) is 11.6 Å². The molecule has 2 heterocycles. The molecule has 4 N–H and O–H groups in total. The van der Waals surface area contributed by atoms with Crippen LogP contribution in [0, 0.1) is 0 Å². The number of hydrogen-bond donors (Lipinski definition) is 2. The second-order valence-corrected chi connectivity index (χ2v) is 2.68. The van der Waals surface area contributed by atoms with Crippen LogP contribution < -0.4 is 11.5 Å². The first-order valence-electron chi connectivity index (χ1n) is 3.91. The lowest BCUT2D eigenvalue weighted by Gasteiger charge is -1.98. The van der Waals surface area contributed by atoms with Gasteiger partial charge in [0.15, 0.2) is 11.6 Å². The minimum atomic E-state index is 0.430. The van der Waals surface area contributed by atoms with E-state index in [0.717, 1.165) is 0 Å². The first-order valence-corrected chi connectivity index (χ1v) is 3.91. The van der Waals surface area contributed by atoms with Gasteiger partial charge < -0.3 is 11.5 Å². The Morgan fingerprint density at radius 3 is 1.21 bits per heavy atom. The summed E-state index contributed by atoms with van der Waals surface area (Å²) in [5.74, 6) is 0.860. The molecule has 0 saturated heterocycles. The molecule has 0 aliphatic carbocycles. The Labute approximate surface area is 80.0 Å². The fraction of sp³-hybridized carbons (Fsp3) is 0. The average molecular weight is 188 g/mol. The molecular formula is C8H8N6. The lowest BCUT2D eigenvalue weighted by atomic mass is 10.4. The van der Waals surface area contributed by atoms with E-state index >= 15 is 0 Å². The van der Waals surface area contributed by atoms with Crippen molar-refractivity contribution in [2.45, 2.75) is 0 Å². The molecule has 0 unspecified atom stereocenters. The van der Waals surface area contributed by atoms with Crippen LogP contribution in [0.25, 0.3) is 11.6 Å². The van der Waals surface area contributed by atoms with Crippen LogP contribution in [-0.4, -0.2) is 19.9 Å². The van der Waals surface area contributed by atoms with Crippen molar-refractivity contribution in [1.29, 1.82) is 0 Å². The molecule has 0 amide bonds. The van der Waals surface area contributed by atoms with Crippen LogP contribution in [-0.2, 0) is 0 Å². The van der Waals surface area contributed by atoms with E-state index in [4.69, 9.17) is 11.5 Å². The Morgan fingerprint density at radius 2 is 0.929 bits per heavy atom. The number of hydrogen-bond acceptors (Lipinski definition) is 6. The highest BCUT2D eigenvalue weighted by molar-refractivity contribution is 5.47. The summed E-state index contributed by atoms with van der Waals surface area (Å²) in [6.45, 7) is 0. The van der Waals surface area contributed by atoms with Crippen molar-refractivity contribution in [3.05, 3.63) is 24.8 Å². The third-order valence-corrected chi connectivity index (χ3v) is 1.54. The summed E-state index contributed by atoms with van der Waals surface area (Å²) >= 11 is 0. The number of aromatic nitrogens is 4. The molecule has 0 spiro atoms. The van der Waals surface area contributed by atoms with E-state index in [2.05, 4.69) is 19.9 Å². The highest BCUT2D eigenvalue weighted by Gasteiger charge is 2.02. The van der Waals surface area contributed by atoms with Crippen LogP contribution >= 0.6 is 0 Å². The number of nitrogens with two attached hydrogens (primary N) is 2. The van der Waals surface area contributed by atoms with Crippen LogP contribution in [0.4, 0.5) is 11.4 Å². The number of nitrogen functional groups attached to an aromatic ring is 2. The van der Waals surface area contributed by atoms with Crippen molar-refractivity contribution in [3.63, 3.8) is 0 Å². The summed E-state index contributed by atoms with van der Waals surface area (Å²) in [6, 6.07) is 0. The quantitative estimate of drug-likeness (QED) is 0.657. The van der Waals surface area contributed by atoms with E-state index in [1.165, 1.54) is 24.8 Å². The maximum absolute atomic E-state index is 5.44. The van der Waals surface area contributed by atoms with E-state index < -0.39 is 0 Å². The normalized spacial score (nSPS) is 10.0. The maximum atomic E-state index is 5.44.